The molecular weight excluding hydrogens is 432 g/mol. The van der Waals surface area contributed by atoms with Crippen LogP contribution >= 0.6 is 11.3 Å². The van der Waals surface area contributed by atoms with Crippen LogP contribution in [0.1, 0.15) is 27.0 Å². The van der Waals surface area contributed by atoms with E-state index in [1.165, 1.54) is 22.6 Å². The highest BCUT2D eigenvalue weighted by molar-refractivity contribution is 7.12. The number of carbonyl (C=O) groups is 2. The quantitative estimate of drug-likeness (QED) is 0.436. The molecule has 7 heteroatoms. The van der Waals surface area contributed by atoms with E-state index in [0.29, 0.717) is 22.8 Å². The monoisotopic (exact) mass is 456 g/mol. The number of hydrogen-bond acceptors (Lipinski definition) is 4. The molecule has 5 rings (SSSR count). The van der Waals surface area contributed by atoms with Crippen molar-refractivity contribution >= 4 is 34.5 Å². The Hall–Kier alpha value is -3.68. The number of thiophene rings is 1. The first-order valence-electron chi connectivity index (χ1n) is 10.9. The minimum Gasteiger partial charge on any atom is -0.348 e. The van der Waals surface area contributed by atoms with Crippen molar-refractivity contribution in [3.63, 3.8) is 0 Å². The van der Waals surface area contributed by atoms with Crippen LogP contribution in [0.15, 0.2) is 90.4 Å². The second-order valence-corrected chi connectivity index (χ2v) is 8.91. The van der Waals surface area contributed by atoms with Crippen molar-refractivity contribution in [3.8, 4) is 0 Å². The Balaban J connectivity index is 1.24. The van der Waals surface area contributed by atoms with Crippen LogP contribution in [0.2, 0.25) is 0 Å². The molecule has 0 saturated heterocycles. The average Bonchev–Trinajstić information content (AvgIpc) is 3.53. The van der Waals surface area contributed by atoms with Gasteiger partial charge in [0, 0.05) is 36.4 Å². The molecule has 166 valence electrons. The second-order valence-electron chi connectivity index (χ2n) is 7.97. The number of carbonyl (C=O) groups excluding carboxylic acids is 2. The molecule has 0 spiro atoms. The predicted octanol–water partition coefficient (Wildman–Crippen LogP) is 4.85. The summed E-state index contributed by atoms with van der Waals surface area (Å²) in [7, 11) is 0. The number of anilines is 2. The number of nitrogens with zero attached hydrogens (tertiary/aromatic N) is 2. The highest BCUT2D eigenvalue weighted by Crippen LogP contribution is 2.32. The van der Waals surface area contributed by atoms with Gasteiger partial charge in [0.15, 0.2) is 0 Å². The standard InChI is InChI=1S/C26H24N4O2S/c31-24(27-20-10-12-21(13-11-20)28-26(32)23-9-5-17-33-23)18-30-16-15-29-14-4-8-22(29)25(30)19-6-2-1-3-7-19/h1-14,17,25H,15-16,18H2,(H,27,31)(H,28,32). The van der Waals surface area contributed by atoms with E-state index in [-0.39, 0.29) is 17.9 Å². The molecule has 0 radical (unpaired) electrons. The summed E-state index contributed by atoms with van der Waals surface area (Å²) in [5.41, 5.74) is 3.76. The third-order valence-corrected chi connectivity index (χ3v) is 6.64. The van der Waals surface area contributed by atoms with Gasteiger partial charge < -0.3 is 15.2 Å². The first kappa shape index (κ1) is 21.2. The van der Waals surface area contributed by atoms with E-state index in [4.69, 9.17) is 0 Å². The maximum atomic E-state index is 12.9. The molecule has 1 aliphatic rings. The van der Waals surface area contributed by atoms with Gasteiger partial charge in [0.2, 0.25) is 5.91 Å². The molecule has 0 fully saturated rings. The molecule has 6 nitrogen and oxygen atoms in total. The molecule has 2 aromatic carbocycles. The number of benzene rings is 2. The third-order valence-electron chi connectivity index (χ3n) is 5.77. The largest absolute Gasteiger partial charge is 0.348 e. The Bertz CT molecular complexity index is 1230. The molecule has 2 aromatic heterocycles. The van der Waals surface area contributed by atoms with Crippen LogP contribution in [0.4, 0.5) is 11.4 Å². The predicted molar refractivity (Wildman–Crippen MR) is 132 cm³/mol. The van der Waals surface area contributed by atoms with Gasteiger partial charge in [-0.1, -0.05) is 36.4 Å². The number of aromatic nitrogens is 1. The van der Waals surface area contributed by atoms with E-state index in [2.05, 4.69) is 50.6 Å². The molecule has 4 aromatic rings. The zero-order chi connectivity index (χ0) is 22.6. The molecule has 2 amide bonds. The summed E-state index contributed by atoms with van der Waals surface area (Å²) < 4.78 is 2.26. The summed E-state index contributed by atoms with van der Waals surface area (Å²) in [4.78, 5) is 28.0. The fourth-order valence-corrected chi connectivity index (χ4v) is 4.86. The molecular formula is C26H24N4O2S. The first-order valence-corrected chi connectivity index (χ1v) is 11.7. The summed E-state index contributed by atoms with van der Waals surface area (Å²) in [6.07, 6.45) is 2.10. The first-order chi connectivity index (χ1) is 16.2. The van der Waals surface area contributed by atoms with Crippen LogP contribution in [0.25, 0.3) is 0 Å². The van der Waals surface area contributed by atoms with Crippen LogP contribution in [0.5, 0.6) is 0 Å². The number of nitrogens with one attached hydrogen (secondary N) is 2. The normalized spacial score (nSPS) is 15.6. The second kappa shape index (κ2) is 9.44. The number of amides is 2. The van der Waals surface area contributed by atoms with Crippen molar-refractivity contribution in [2.24, 2.45) is 0 Å². The lowest BCUT2D eigenvalue weighted by Crippen LogP contribution is -2.42. The Morgan fingerprint density at radius 3 is 2.33 bits per heavy atom. The van der Waals surface area contributed by atoms with Crippen molar-refractivity contribution in [1.29, 1.82) is 0 Å². The van der Waals surface area contributed by atoms with E-state index in [9.17, 15) is 9.59 Å². The van der Waals surface area contributed by atoms with Crippen LogP contribution in [-0.2, 0) is 11.3 Å². The lowest BCUT2D eigenvalue weighted by Gasteiger charge is -2.36. The van der Waals surface area contributed by atoms with Crippen LogP contribution in [0.3, 0.4) is 0 Å². The number of rotatable bonds is 6. The SMILES string of the molecule is O=C(CN1CCn2cccc2C1c1ccccc1)Nc1ccc(NC(=O)c2cccs2)cc1. The lowest BCUT2D eigenvalue weighted by atomic mass is 10.00. The topological polar surface area (TPSA) is 66.4 Å². The van der Waals surface area contributed by atoms with Crippen LogP contribution in [-0.4, -0.2) is 34.4 Å². The minimum absolute atomic E-state index is 0.0375. The lowest BCUT2D eigenvalue weighted by molar-refractivity contribution is -0.117. The minimum atomic E-state index is -0.136. The Morgan fingerprint density at radius 2 is 1.61 bits per heavy atom. The smallest absolute Gasteiger partial charge is 0.265 e. The summed E-state index contributed by atoms with van der Waals surface area (Å²) in [5, 5.41) is 7.73. The van der Waals surface area contributed by atoms with Crippen molar-refractivity contribution < 1.29 is 9.59 Å². The Labute approximate surface area is 196 Å². The number of fused-ring (bicyclic) bond motifs is 1. The Kier molecular flexibility index (Phi) is 6.06. The third kappa shape index (κ3) is 4.74. The van der Waals surface area contributed by atoms with Crippen molar-refractivity contribution in [1.82, 2.24) is 9.47 Å². The molecule has 33 heavy (non-hydrogen) atoms. The van der Waals surface area contributed by atoms with E-state index in [0.717, 1.165) is 13.1 Å². The zero-order valence-electron chi connectivity index (χ0n) is 18.0. The molecule has 1 aliphatic heterocycles. The van der Waals surface area contributed by atoms with Gasteiger partial charge in [0.05, 0.1) is 17.5 Å². The highest BCUT2D eigenvalue weighted by atomic mass is 32.1. The molecule has 0 aliphatic carbocycles. The van der Waals surface area contributed by atoms with Gasteiger partial charge in [-0.2, -0.15) is 0 Å². The number of hydrogen-bond donors (Lipinski definition) is 2. The molecule has 0 bridgehead atoms. The van der Waals surface area contributed by atoms with Gasteiger partial charge in [0.25, 0.3) is 5.91 Å². The highest BCUT2D eigenvalue weighted by Gasteiger charge is 2.29. The van der Waals surface area contributed by atoms with Crippen molar-refractivity contribution in [2.45, 2.75) is 12.6 Å². The molecule has 1 unspecified atom stereocenters. The van der Waals surface area contributed by atoms with Crippen LogP contribution in [0, 0.1) is 0 Å². The molecule has 3 heterocycles. The van der Waals surface area contributed by atoms with Gasteiger partial charge in [-0.15, -0.1) is 11.3 Å². The maximum Gasteiger partial charge on any atom is 0.265 e. The molecule has 2 N–H and O–H groups in total. The van der Waals surface area contributed by atoms with Gasteiger partial charge in [-0.25, -0.2) is 0 Å². The van der Waals surface area contributed by atoms with Crippen LogP contribution < -0.4 is 10.6 Å². The Morgan fingerprint density at radius 1 is 0.848 bits per heavy atom. The van der Waals surface area contributed by atoms with Gasteiger partial charge in [0.1, 0.15) is 0 Å². The maximum absolute atomic E-state index is 12.9. The van der Waals surface area contributed by atoms with E-state index in [1.807, 2.05) is 29.6 Å². The van der Waals surface area contributed by atoms with Gasteiger partial charge in [-0.3, -0.25) is 14.5 Å². The summed E-state index contributed by atoms with van der Waals surface area (Å²) in [5.74, 6) is -0.199. The average molecular weight is 457 g/mol. The summed E-state index contributed by atoms with van der Waals surface area (Å²) in [6, 6.07) is 25.4. The fraction of sp³-hybridized carbons (Fsp3) is 0.154. The van der Waals surface area contributed by atoms with Crippen molar-refractivity contribution in [2.75, 3.05) is 23.7 Å². The van der Waals surface area contributed by atoms with Crippen molar-refractivity contribution in [3.05, 3.63) is 107 Å². The summed E-state index contributed by atoms with van der Waals surface area (Å²) in [6.45, 7) is 1.95. The fourth-order valence-electron chi connectivity index (χ4n) is 4.24. The summed E-state index contributed by atoms with van der Waals surface area (Å²) >= 11 is 1.40. The van der Waals surface area contributed by atoms with Gasteiger partial charge in [-0.05, 0) is 53.4 Å². The zero-order valence-corrected chi connectivity index (χ0v) is 18.8. The van der Waals surface area contributed by atoms with Gasteiger partial charge >= 0.3 is 0 Å². The van der Waals surface area contributed by atoms with E-state index < -0.39 is 0 Å². The molecule has 0 saturated carbocycles. The van der Waals surface area contributed by atoms with E-state index >= 15 is 0 Å². The molecule has 1 atom stereocenters. The van der Waals surface area contributed by atoms with E-state index in [1.54, 1.807) is 30.3 Å².